The summed E-state index contributed by atoms with van der Waals surface area (Å²) in [6, 6.07) is 13.1. The number of allylic oxidation sites excluding steroid dienone is 1. The van der Waals surface area contributed by atoms with Crippen LogP contribution in [0.1, 0.15) is 26.3 Å². The van der Waals surface area contributed by atoms with E-state index in [1.807, 2.05) is 0 Å². The summed E-state index contributed by atoms with van der Waals surface area (Å²) >= 11 is 0. The number of ether oxygens (including phenoxy) is 4. The number of carboxylic acids is 1. The maximum atomic E-state index is 13.5. The molecule has 2 aromatic carbocycles. The Labute approximate surface area is 220 Å². The fourth-order valence-electron chi connectivity index (χ4n) is 4.19. The maximum Gasteiger partial charge on any atom is 0.340 e. The van der Waals surface area contributed by atoms with E-state index in [9.17, 15) is 19.5 Å². The van der Waals surface area contributed by atoms with Gasteiger partial charge >= 0.3 is 5.97 Å². The minimum Gasteiger partial charge on any atom is -0.497 e. The zero-order valence-corrected chi connectivity index (χ0v) is 21.1. The molecule has 0 atom stereocenters. The van der Waals surface area contributed by atoms with E-state index in [1.165, 1.54) is 13.4 Å². The van der Waals surface area contributed by atoms with Crippen LogP contribution in [0.5, 0.6) is 5.75 Å². The van der Waals surface area contributed by atoms with Crippen molar-refractivity contribution in [2.75, 3.05) is 53.3 Å². The van der Waals surface area contributed by atoms with Gasteiger partial charge in [0.05, 0.1) is 20.3 Å². The highest BCUT2D eigenvalue weighted by Gasteiger charge is 2.28. The number of carboxylic acid groups (broad SMARTS) is 1. The number of hydrogen-bond acceptors (Lipinski definition) is 8. The number of carbonyl (C=O) groups excluding carboxylic acids is 2. The van der Waals surface area contributed by atoms with Crippen LogP contribution in [0.25, 0.3) is 0 Å². The van der Waals surface area contributed by atoms with E-state index in [1.54, 1.807) is 48.5 Å². The Kier molecular flexibility index (Phi) is 9.12. The number of methoxy groups -OCH3 is 1. The number of benzene rings is 2. The Morgan fingerprint density at radius 1 is 1.00 bits per heavy atom. The van der Waals surface area contributed by atoms with E-state index >= 15 is 0 Å². The van der Waals surface area contributed by atoms with Gasteiger partial charge < -0.3 is 29.4 Å². The molecule has 0 spiro atoms. The van der Waals surface area contributed by atoms with Crippen molar-refractivity contribution in [3.63, 3.8) is 0 Å². The van der Waals surface area contributed by atoms with Gasteiger partial charge in [0.15, 0.2) is 11.5 Å². The Hall–Kier alpha value is -4.15. The van der Waals surface area contributed by atoms with E-state index < -0.39 is 11.8 Å². The lowest BCUT2D eigenvalue weighted by Crippen LogP contribution is -2.41. The number of nitrogens with zero attached hydrogens (tertiary/aromatic N) is 1. The van der Waals surface area contributed by atoms with Crippen molar-refractivity contribution in [1.29, 1.82) is 0 Å². The van der Waals surface area contributed by atoms with Gasteiger partial charge in [-0.3, -0.25) is 14.5 Å². The van der Waals surface area contributed by atoms with E-state index in [4.69, 9.17) is 18.9 Å². The van der Waals surface area contributed by atoms with Crippen LogP contribution >= 0.6 is 0 Å². The van der Waals surface area contributed by atoms with E-state index in [0.717, 1.165) is 19.6 Å². The Morgan fingerprint density at radius 3 is 2.29 bits per heavy atom. The minimum absolute atomic E-state index is 0.00608. The summed E-state index contributed by atoms with van der Waals surface area (Å²) in [5, 5.41) is 12.9. The topological polar surface area (TPSA) is 124 Å². The van der Waals surface area contributed by atoms with Crippen molar-refractivity contribution in [2.45, 2.75) is 6.42 Å². The summed E-state index contributed by atoms with van der Waals surface area (Å²) in [5.74, 6) is -1.44. The third-order valence-corrected chi connectivity index (χ3v) is 6.28. The Morgan fingerprint density at radius 2 is 1.68 bits per heavy atom. The monoisotopic (exact) mass is 522 g/mol. The molecule has 0 aliphatic carbocycles. The summed E-state index contributed by atoms with van der Waals surface area (Å²) in [5.41, 5.74) is 1.19. The lowest BCUT2D eigenvalue weighted by molar-refractivity contribution is -0.132. The van der Waals surface area contributed by atoms with Crippen molar-refractivity contribution < 1.29 is 38.4 Å². The number of amides is 1. The summed E-state index contributed by atoms with van der Waals surface area (Å²) in [4.78, 5) is 40.6. The van der Waals surface area contributed by atoms with Crippen molar-refractivity contribution >= 4 is 17.7 Å². The molecule has 2 N–H and O–H groups in total. The van der Waals surface area contributed by atoms with Crippen LogP contribution in [-0.4, -0.2) is 81.0 Å². The van der Waals surface area contributed by atoms with Gasteiger partial charge in [0.25, 0.3) is 5.91 Å². The quantitative estimate of drug-likeness (QED) is 0.338. The van der Waals surface area contributed by atoms with Gasteiger partial charge in [0.2, 0.25) is 6.79 Å². The van der Waals surface area contributed by atoms with Crippen molar-refractivity contribution in [1.82, 2.24) is 10.2 Å². The molecule has 1 saturated heterocycles. The minimum atomic E-state index is -1.31. The van der Waals surface area contributed by atoms with Gasteiger partial charge in [0, 0.05) is 49.3 Å². The molecule has 1 amide bonds. The zero-order valence-electron chi connectivity index (χ0n) is 21.1. The van der Waals surface area contributed by atoms with Crippen LogP contribution in [0, 0.1) is 0 Å². The van der Waals surface area contributed by atoms with Crippen molar-refractivity contribution in [2.24, 2.45) is 0 Å². The number of aliphatic carboxylic acids is 1. The standard InChI is InChI=1S/C28H30N2O8/c1-35-22-8-6-20(7-9-22)26(31)23(25(28(33)34)24-17-37-18-38-24)16-19-2-4-21(5-3-19)27(32)29-10-11-30-12-14-36-15-13-30/h2-9,17H,10-16,18H2,1H3,(H,29,32)(H,33,34). The Balaban J connectivity index is 1.52. The normalized spacial score (nSPS) is 16.0. The van der Waals surface area contributed by atoms with E-state index in [0.29, 0.717) is 42.2 Å². The lowest BCUT2D eigenvalue weighted by Gasteiger charge is -2.26. The molecule has 2 heterocycles. The molecule has 10 nitrogen and oxygen atoms in total. The highest BCUT2D eigenvalue weighted by atomic mass is 16.7. The van der Waals surface area contributed by atoms with Crippen molar-refractivity contribution in [3.05, 3.63) is 88.4 Å². The number of hydrogen-bond donors (Lipinski definition) is 2. The molecular formula is C28H30N2O8. The molecule has 0 aromatic heterocycles. The van der Waals surface area contributed by atoms with Gasteiger partial charge in [0.1, 0.15) is 17.6 Å². The summed E-state index contributed by atoms with van der Waals surface area (Å²) in [6.07, 6.45) is 1.20. The number of morpholine rings is 1. The fourth-order valence-corrected chi connectivity index (χ4v) is 4.19. The molecule has 38 heavy (non-hydrogen) atoms. The largest absolute Gasteiger partial charge is 0.497 e. The van der Waals surface area contributed by atoms with Crippen LogP contribution in [0.4, 0.5) is 0 Å². The van der Waals surface area contributed by atoms with E-state index in [-0.39, 0.29) is 36.0 Å². The molecule has 2 aromatic rings. The summed E-state index contributed by atoms with van der Waals surface area (Å²) in [7, 11) is 1.52. The van der Waals surface area contributed by atoms with Crippen LogP contribution in [0.3, 0.4) is 0 Å². The molecule has 0 bridgehead atoms. The Bertz CT molecular complexity index is 1210. The first-order valence-electron chi connectivity index (χ1n) is 12.2. The highest BCUT2D eigenvalue weighted by molar-refractivity contribution is 6.14. The van der Waals surface area contributed by atoms with Gasteiger partial charge in [-0.15, -0.1) is 0 Å². The van der Waals surface area contributed by atoms with Crippen LogP contribution in [-0.2, 0) is 25.4 Å². The SMILES string of the molecule is COc1ccc(C(=O)C(Cc2ccc(C(=O)NCCN3CCOCC3)cc2)=C(C(=O)O)C2=COCO2)cc1. The first-order chi connectivity index (χ1) is 18.5. The van der Waals surface area contributed by atoms with Crippen LogP contribution < -0.4 is 10.1 Å². The molecule has 10 heteroatoms. The van der Waals surface area contributed by atoms with Gasteiger partial charge in [-0.05, 0) is 42.0 Å². The predicted molar refractivity (Wildman–Crippen MR) is 137 cm³/mol. The van der Waals surface area contributed by atoms with Crippen molar-refractivity contribution in [3.8, 4) is 5.75 Å². The second kappa shape index (κ2) is 12.9. The number of Topliss-reactive ketones (excluding diaryl/α,β-unsaturated/α-hetero) is 1. The van der Waals surface area contributed by atoms with Crippen LogP contribution in [0.2, 0.25) is 0 Å². The smallest absolute Gasteiger partial charge is 0.340 e. The molecule has 4 rings (SSSR count). The number of carbonyl (C=O) groups is 3. The van der Waals surface area contributed by atoms with Gasteiger partial charge in [-0.2, -0.15) is 0 Å². The average molecular weight is 523 g/mol. The molecular weight excluding hydrogens is 492 g/mol. The highest BCUT2D eigenvalue weighted by Crippen LogP contribution is 2.27. The van der Waals surface area contributed by atoms with Crippen LogP contribution in [0.15, 0.2) is 71.7 Å². The predicted octanol–water partition coefficient (Wildman–Crippen LogP) is 2.41. The molecule has 200 valence electrons. The summed E-state index contributed by atoms with van der Waals surface area (Å²) < 4.78 is 20.9. The number of ketones is 1. The lowest BCUT2D eigenvalue weighted by atomic mass is 9.91. The first-order valence-corrected chi connectivity index (χ1v) is 12.2. The van der Waals surface area contributed by atoms with Gasteiger partial charge in [-0.25, -0.2) is 4.79 Å². The first kappa shape index (κ1) is 26.9. The third-order valence-electron chi connectivity index (χ3n) is 6.28. The molecule has 1 fully saturated rings. The molecule has 2 aliphatic rings. The molecule has 0 saturated carbocycles. The summed E-state index contributed by atoms with van der Waals surface area (Å²) in [6.45, 7) is 4.23. The average Bonchev–Trinajstić information content (AvgIpc) is 3.47. The molecule has 2 aliphatic heterocycles. The molecule has 0 unspecified atom stereocenters. The number of nitrogens with one attached hydrogen (secondary N) is 1. The second-order valence-corrected chi connectivity index (χ2v) is 8.71. The zero-order chi connectivity index (χ0) is 26.9. The number of rotatable bonds is 11. The van der Waals surface area contributed by atoms with Gasteiger partial charge in [-0.1, -0.05) is 12.1 Å². The van der Waals surface area contributed by atoms with E-state index in [2.05, 4.69) is 10.2 Å². The maximum absolute atomic E-state index is 13.5. The fraction of sp³-hybridized carbons (Fsp3) is 0.321. The molecule has 0 radical (unpaired) electrons. The third kappa shape index (κ3) is 6.78. The second-order valence-electron chi connectivity index (χ2n) is 8.71.